The van der Waals surface area contributed by atoms with Crippen molar-refractivity contribution in [3.8, 4) is 0 Å². The van der Waals surface area contributed by atoms with E-state index < -0.39 is 5.41 Å². The van der Waals surface area contributed by atoms with Crippen LogP contribution in [-0.2, 0) is 17.8 Å². The maximum atomic E-state index is 11.6. The minimum Gasteiger partial charge on any atom is -0.369 e. The van der Waals surface area contributed by atoms with Gasteiger partial charge in [-0.1, -0.05) is 6.07 Å². The predicted molar refractivity (Wildman–Crippen MR) is 81.9 cm³/mol. The molecule has 2 rings (SSSR count). The number of alkyl halides is 1. The molecule has 5 heteroatoms. The largest absolute Gasteiger partial charge is 0.369 e. The summed E-state index contributed by atoms with van der Waals surface area (Å²) in [6.45, 7) is 6.24. The molecule has 2 aromatic rings. The summed E-state index contributed by atoms with van der Waals surface area (Å²) in [7, 11) is 0. The number of aromatic nitrogens is 2. The Morgan fingerprint density at radius 1 is 1.45 bits per heavy atom. The van der Waals surface area contributed by atoms with Gasteiger partial charge in [0.2, 0.25) is 5.91 Å². The quantitative estimate of drug-likeness (QED) is 0.862. The number of halogens is 1. The van der Waals surface area contributed by atoms with E-state index in [1.807, 2.05) is 39.0 Å². The Labute approximate surface area is 123 Å². The Bertz CT molecular complexity index is 646. The van der Waals surface area contributed by atoms with E-state index in [9.17, 15) is 4.79 Å². The average molecular weight is 294 g/mol. The zero-order chi connectivity index (χ0) is 14.9. The first-order valence-electron chi connectivity index (χ1n) is 6.67. The summed E-state index contributed by atoms with van der Waals surface area (Å²) in [6.07, 6.45) is 0.671. The van der Waals surface area contributed by atoms with Gasteiger partial charge >= 0.3 is 0 Å². The number of hydrogen-bond acceptors (Lipinski definition) is 2. The average Bonchev–Trinajstić information content (AvgIpc) is 2.66. The molecule has 1 heterocycles. The third kappa shape index (κ3) is 2.80. The molecule has 108 valence electrons. The molecule has 0 atom stereocenters. The van der Waals surface area contributed by atoms with Crippen LogP contribution >= 0.6 is 11.6 Å². The molecule has 0 saturated heterocycles. The van der Waals surface area contributed by atoms with Crippen molar-refractivity contribution in [1.82, 2.24) is 9.55 Å². The molecule has 0 spiro atoms. The molecule has 0 fully saturated rings. The number of imidazole rings is 1. The summed E-state index contributed by atoms with van der Waals surface area (Å²) in [5.41, 5.74) is 7.97. The van der Waals surface area contributed by atoms with Crippen molar-refractivity contribution < 1.29 is 4.79 Å². The molecule has 1 aromatic carbocycles. The molecular weight excluding hydrogens is 274 g/mol. The highest BCUT2D eigenvalue weighted by Gasteiger charge is 2.27. The SMILES string of the molecule is Cc1ccc2c(c1)nc(CCCl)n2CC(C)(C)C(N)=O. The minimum atomic E-state index is -0.625. The van der Waals surface area contributed by atoms with E-state index in [0.29, 0.717) is 18.8 Å². The van der Waals surface area contributed by atoms with Crippen molar-refractivity contribution in [1.29, 1.82) is 0 Å². The van der Waals surface area contributed by atoms with Crippen LogP contribution in [0, 0.1) is 12.3 Å². The van der Waals surface area contributed by atoms with Crippen LogP contribution in [0.15, 0.2) is 18.2 Å². The molecule has 4 nitrogen and oxygen atoms in total. The zero-order valence-electron chi connectivity index (χ0n) is 12.1. The number of amides is 1. The molecule has 0 aliphatic carbocycles. The molecule has 1 amide bonds. The highest BCUT2D eigenvalue weighted by atomic mass is 35.5. The Balaban J connectivity index is 2.54. The Hall–Kier alpha value is -1.55. The number of primary amides is 1. The Morgan fingerprint density at radius 2 is 2.15 bits per heavy atom. The van der Waals surface area contributed by atoms with Gasteiger partial charge in [-0.3, -0.25) is 4.79 Å². The number of nitrogens with two attached hydrogens (primary N) is 1. The molecule has 0 saturated carbocycles. The second-order valence-corrected chi connectivity index (χ2v) is 6.17. The minimum absolute atomic E-state index is 0.316. The van der Waals surface area contributed by atoms with Crippen molar-refractivity contribution in [3.63, 3.8) is 0 Å². The predicted octanol–water partition coefficient (Wildman–Crippen LogP) is 2.64. The lowest BCUT2D eigenvalue weighted by atomic mass is 9.92. The highest BCUT2D eigenvalue weighted by Crippen LogP contribution is 2.24. The fourth-order valence-electron chi connectivity index (χ4n) is 2.21. The van der Waals surface area contributed by atoms with Gasteiger partial charge in [0.15, 0.2) is 0 Å². The van der Waals surface area contributed by atoms with Gasteiger partial charge in [-0.15, -0.1) is 11.6 Å². The van der Waals surface area contributed by atoms with Crippen LogP contribution in [0.1, 0.15) is 25.2 Å². The van der Waals surface area contributed by atoms with Crippen LogP contribution in [0.5, 0.6) is 0 Å². The number of carbonyl (C=O) groups is 1. The summed E-state index contributed by atoms with van der Waals surface area (Å²) in [5.74, 6) is 1.08. The second-order valence-electron chi connectivity index (χ2n) is 5.79. The summed E-state index contributed by atoms with van der Waals surface area (Å²) in [4.78, 5) is 16.2. The van der Waals surface area contributed by atoms with E-state index in [4.69, 9.17) is 17.3 Å². The fraction of sp³-hybridized carbons (Fsp3) is 0.467. The van der Waals surface area contributed by atoms with Gasteiger partial charge in [0.05, 0.1) is 16.4 Å². The van der Waals surface area contributed by atoms with Crippen LogP contribution in [0.3, 0.4) is 0 Å². The number of hydrogen-bond donors (Lipinski definition) is 1. The highest BCUT2D eigenvalue weighted by molar-refractivity contribution is 6.17. The van der Waals surface area contributed by atoms with Crippen molar-refractivity contribution in [2.24, 2.45) is 11.1 Å². The number of rotatable bonds is 5. The lowest BCUT2D eigenvalue weighted by Gasteiger charge is -2.22. The van der Waals surface area contributed by atoms with Crippen molar-refractivity contribution in [2.45, 2.75) is 33.7 Å². The molecule has 2 N–H and O–H groups in total. The molecule has 0 unspecified atom stereocenters. The first-order chi connectivity index (χ1) is 9.35. The van der Waals surface area contributed by atoms with Crippen LogP contribution in [0.4, 0.5) is 0 Å². The molecular formula is C15H20ClN3O. The molecule has 0 aliphatic rings. The van der Waals surface area contributed by atoms with E-state index >= 15 is 0 Å². The normalized spacial score (nSPS) is 12.0. The Kier molecular flexibility index (Phi) is 4.04. The van der Waals surface area contributed by atoms with Crippen molar-refractivity contribution >= 4 is 28.5 Å². The van der Waals surface area contributed by atoms with Gasteiger partial charge in [0.25, 0.3) is 0 Å². The summed E-state index contributed by atoms with van der Waals surface area (Å²) in [5, 5.41) is 0. The molecule has 1 aromatic heterocycles. The van der Waals surface area contributed by atoms with Crippen LogP contribution in [0.2, 0.25) is 0 Å². The summed E-state index contributed by atoms with van der Waals surface area (Å²) in [6, 6.07) is 6.12. The zero-order valence-corrected chi connectivity index (χ0v) is 12.9. The number of aryl methyl sites for hydroxylation is 2. The van der Waals surface area contributed by atoms with Crippen molar-refractivity contribution in [3.05, 3.63) is 29.6 Å². The second kappa shape index (κ2) is 5.44. The number of carbonyl (C=O) groups excluding carboxylic acids is 1. The standard InChI is InChI=1S/C15H20ClN3O/c1-10-4-5-12-11(8-10)18-13(6-7-16)19(12)9-15(2,3)14(17)20/h4-5,8H,6-7,9H2,1-3H3,(H2,17,20). The first-order valence-corrected chi connectivity index (χ1v) is 7.20. The topological polar surface area (TPSA) is 60.9 Å². The number of nitrogens with zero attached hydrogens (tertiary/aromatic N) is 2. The van der Waals surface area contributed by atoms with Crippen LogP contribution < -0.4 is 5.73 Å². The molecule has 0 radical (unpaired) electrons. The van der Waals surface area contributed by atoms with E-state index in [1.54, 1.807) is 0 Å². The smallest absolute Gasteiger partial charge is 0.224 e. The van der Waals surface area contributed by atoms with Gasteiger partial charge in [-0.2, -0.15) is 0 Å². The van der Waals surface area contributed by atoms with Crippen molar-refractivity contribution in [2.75, 3.05) is 5.88 Å². The summed E-state index contributed by atoms with van der Waals surface area (Å²) < 4.78 is 2.06. The molecule has 20 heavy (non-hydrogen) atoms. The number of fused-ring (bicyclic) bond motifs is 1. The maximum Gasteiger partial charge on any atom is 0.224 e. The lowest BCUT2D eigenvalue weighted by Crippen LogP contribution is -2.35. The van der Waals surface area contributed by atoms with E-state index in [-0.39, 0.29) is 5.91 Å². The monoisotopic (exact) mass is 293 g/mol. The summed E-state index contributed by atoms with van der Waals surface area (Å²) >= 11 is 5.86. The van der Waals surface area contributed by atoms with E-state index in [0.717, 1.165) is 22.4 Å². The first kappa shape index (κ1) is 14.9. The molecule has 0 aliphatic heterocycles. The van der Waals surface area contributed by atoms with Gasteiger partial charge in [-0.05, 0) is 38.5 Å². The van der Waals surface area contributed by atoms with Gasteiger partial charge in [-0.25, -0.2) is 4.98 Å². The van der Waals surface area contributed by atoms with E-state index in [2.05, 4.69) is 9.55 Å². The van der Waals surface area contributed by atoms with Gasteiger partial charge in [0.1, 0.15) is 5.82 Å². The van der Waals surface area contributed by atoms with Crippen LogP contribution in [-0.4, -0.2) is 21.3 Å². The number of benzene rings is 1. The van der Waals surface area contributed by atoms with E-state index in [1.165, 1.54) is 0 Å². The van der Waals surface area contributed by atoms with Crippen LogP contribution in [0.25, 0.3) is 11.0 Å². The maximum absolute atomic E-state index is 11.6. The third-order valence-corrected chi connectivity index (χ3v) is 3.71. The Morgan fingerprint density at radius 3 is 2.75 bits per heavy atom. The fourth-order valence-corrected chi connectivity index (χ4v) is 2.38. The third-order valence-electron chi connectivity index (χ3n) is 3.52. The van der Waals surface area contributed by atoms with Gasteiger partial charge < -0.3 is 10.3 Å². The van der Waals surface area contributed by atoms with Gasteiger partial charge in [0, 0.05) is 18.8 Å². The lowest BCUT2D eigenvalue weighted by molar-refractivity contribution is -0.126. The molecule has 0 bridgehead atoms.